The van der Waals surface area contributed by atoms with Crippen molar-refractivity contribution in [3.8, 4) is 11.5 Å². The third-order valence-electron chi connectivity index (χ3n) is 5.19. The molecule has 1 rings (SSSR count). The number of ether oxygens (including phenoxy) is 4. The van der Waals surface area contributed by atoms with Gasteiger partial charge in [0.2, 0.25) is 6.79 Å². The molecule has 1 N–H and O–H groups in total. The van der Waals surface area contributed by atoms with Gasteiger partial charge in [0.15, 0.2) is 17.3 Å². The van der Waals surface area contributed by atoms with Crippen LogP contribution in [0.3, 0.4) is 0 Å². The summed E-state index contributed by atoms with van der Waals surface area (Å²) in [5.41, 5.74) is -1.47. The fourth-order valence-corrected chi connectivity index (χ4v) is 2.86. The summed E-state index contributed by atoms with van der Waals surface area (Å²) in [6.07, 6.45) is 1.36. The van der Waals surface area contributed by atoms with Gasteiger partial charge in [-0.25, -0.2) is 4.79 Å². The van der Waals surface area contributed by atoms with Crippen LogP contribution in [0.2, 0.25) is 0 Å². The third-order valence-corrected chi connectivity index (χ3v) is 5.19. The predicted octanol–water partition coefficient (Wildman–Crippen LogP) is 4.67. The van der Waals surface area contributed by atoms with Gasteiger partial charge in [0.1, 0.15) is 6.04 Å². The molecule has 10 nitrogen and oxygen atoms in total. The average molecular weight is 562 g/mol. The van der Waals surface area contributed by atoms with Gasteiger partial charge in [-0.2, -0.15) is 0 Å². The van der Waals surface area contributed by atoms with Crippen LogP contribution < -0.4 is 14.8 Å². The SMILES string of the molecule is CC(=O)C=C(C)N[C@@H](Cc1ccc(OC(=O)C(C)(C)C)c(OC(=O)C(C)(C)C)c1)C(=O)OCOC(=O)C(C)(C)C. The van der Waals surface area contributed by atoms with Crippen molar-refractivity contribution in [2.45, 2.75) is 88.6 Å². The van der Waals surface area contributed by atoms with Gasteiger partial charge in [-0.1, -0.05) is 6.07 Å². The van der Waals surface area contributed by atoms with Crippen LogP contribution in [0.25, 0.3) is 0 Å². The lowest BCUT2D eigenvalue weighted by Crippen LogP contribution is -2.39. The molecule has 0 aromatic heterocycles. The zero-order valence-corrected chi connectivity index (χ0v) is 25.5. The first-order valence-electron chi connectivity index (χ1n) is 13.0. The number of ketones is 1. The molecule has 1 atom stereocenters. The molecule has 0 saturated carbocycles. The Balaban J connectivity index is 3.33. The van der Waals surface area contributed by atoms with E-state index >= 15 is 0 Å². The van der Waals surface area contributed by atoms with Crippen molar-refractivity contribution in [2.75, 3.05) is 6.79 Å². The molecule has 0 radical (unpaired) electrons. The van der Waals surface area contributed by atoms with Gasteiger partial charge in [-0.15, -0.1) is 0 Å². The lowest BCUT2D eigenvalue weighted by Gasteiger charge is -2.22. The largest absolute Gasteiger partial charge is 0.427 e. The minimum atomic E-state index is -1.00. The van der Waals surface area contributed by atoms with Crippen LogP contribution in [0.5, 0.6) is 11.5 Å². The summed E-state index contributed by atoms with van der Waals surface area (Å²) >= 11 is 0. The molecule has 1 aromatic carbocycles. The summed E-state index contributed by atoms with van der Waals surface area (Å²) in [6, 6.07) is 3.60. The van der Waals surface area contributed by atoms with Gasteiger partial charge in [-0.3, -0.25) is 19.2 Å². The fourth-order valence-electron chi connectivity index (χ4n) is 2.86. The van der Waals surface area contributed by atoms with Crippen molar-refractivity contribution in [1.29, 1.82) is 0 Å². The minimum Gasteiger partial charge on any atom is -0.427 e. The van der Waals surface area contributed by atoms with Crippen LogP contribution in [0, 0.1) is 16.2 Å². The van der Waals surface area contributed by atoms with Gasteiger partial charge in [0.25, 0.3) is 0 Å². The predicted molar refractivity (Wildman–Crippen MR) is 148 cm³/mol. The van der Waals surface area contributed by atoms with Crippen LogP contribution in [-0.4, -0.2) is 42.5 Å². The molecule has 0 spiro atoms. The van der Waals surface area contributed by atoms with Crippen molar-refractivity contribution in [3.05, 3.63) is 35.5 Å². The topological polar surface area (TPSA) is 134 Å². The summed E-state index contributed by atoms with van der Waals surface area (Å²) in [6.45, 7) is 17.6. The zero-order valence-electron chi connectivity index (χ0n) is 25.5. The number of benzene rings is 1. The number of esters is 4. The first-order chi connectivity index (χ1) is 18.1. The summed E-state index contributed by atoms with van der Waals surface area (Å²) < 4.78 is 21.3. The zero-order chi connectivity index (χ0) is 31.1. The molecule has 0 amide bonds. The minimum absolute atomic E-state index is 0.0113. The van der Waals surface area contributed by atoms with Gasteiger partial charge in [-0.05, 0) is 99.9 Å². The van der Waals surface area contributed by atoms with E-state index in [1.54, 1.807) is 75.3 Å². The molecule has 40 heavy (non-hydrogen) atoms. The van der Waals surface area contributed by atoms with E-state index in [1.165, 1.54) is 25.1 Å². The van der Waals surface area contributed by atoms with Gasteiger partial charge in [0, 0.05) is 12.1 Å². The highest BCUT2D eigenvalue weighted by Crippen LogP contribution is 2.33. The lowest BCUT2D eigenvalue weighted by atomic mass is 9.97. The normalized spacial score (nSPS) is 13.1. The standard InChI is InChI=1S/C30H43NO9/c1-18(14-19(2)32)31-21(24(33)37-17-38-25(34)28(3,4)5)15-20-12-13-22(39-26(35)29(6,7)8)23(16-20)40-27(36)30(9,10)11/h12-14,16,21,31H,15,17H2,1-11H3/t21-/m0/s1. The highest BCUT2D eigenvalue weighted by Gasteiger charge is 2.29. The molecule has 0 saturated heterocycles. The number of carbonyl (C=O) groups is 5. The molecular weight excluding hydrogens is 518 g/mol. The second-order valence-electron chi connectivity index (χ2n) is 12.7. The molecule has 0 bridgehead atoms. The Morgan fingerprint density at radius 1 is 0.750 bits per heavy atom. The van der Waals surface area contributed by atoms with E-state index in [-0.39, 0.29) is 23.7 Å². The van der Waals surface area contributed by atoms with Crippen LogP contribution >= 0.6 is 0 Å². The molecule has 0 aliphatic heterocycles. The van der Waals surface area contributed by atoms with E-state index in [4.69, 9.17) is 18.9 Å². The average Bonchev–Trinajstić information content (AvgIpc) is 2.77. The second kappa shape index (κ2) is 13.6. The van der Waals surface area contributed by atoms with E-state index in [0.717, 1.165) is 0 Å². The molecule has 0 fully saturated rings. The van der Waals surface area contributed by atoms with Crippen LogP contribution in [0.1, 0.15) is 81.7 Å². The molecule has 0 aliphatic rings. The summed E-state index contributed by atoms with van der Waals surface area (Å²) in [5.74, 6) is -2.51. The van der Waals surface area contributed by atoms with Crippen molar-refractivity contribution >= 4 is 29.7 Å². The summed E-state index contributed by atoms with van der Waals surface area (Å²) in [5, 5.41) is 2.95. The maximum absolute atomic E-state index is 13.0. The van der Waals surface area contributed by atoms with Gasteiger partial charge < -0.3 is 24.3 Å². The van der Waals surface area contributed by atoms with E-state index in [0.29, 0.717) is 11.3 Å². The number of nitrogens with one attached hydrogen (secondary N) is 1. The Kier molecular flexibility index (Phi) is 11.7. The van der Waals surface area contributed by atoms with Crippen LogP contribution in [0.4, 0.5) is 0 Å². The molecule has 222 valence electrons. The first kappa shape index (κ1) is 34.3. The second-order valence-corrected chi connectivity index (χ2v) is 12.7. The molecule has 10 heteroatoms. The highest BCUT2D eigenvalue weighted by molar-refractivity contribution is 5.88. The number of hydrogen-bond acceptors (Lipinski definition) is 10. The number of allylic oxidation sites excluding steroid dienone is 2. The van der Waals surface area contributed by atoms with Crippen molar-refractivity contribution in [3.63, 3.8) is 0 Å². The number of carbonyl (C=O) groups excluding carboxylic acids is 5. The molecule has 0 aliphatic carbocycles. The lowest BCUT2D eigenvalue weighted by molar-refractivity contribution is -0.174. The number of hydrogen-bond donors (Lipinski definition) is 1. The van der Waals surface area contributed by atoms with E-state index in [9.17, 15) is 24.0 Å². The number of rotatable bonds is 10. The first-order valence-corrected chi connectivity index (χ1v) is 13.0. The van der Waals surface area contributed by atoms with E-state index < -0.39 is 53.0 Å². The quantitative estimate of drug-likeness (QED) is 0.186. The van der Waals surface area contributed by atoms with Crippen molar-refractivity contribution < 1.29 is 42.9 Å². The molecular formula is C30H43NO9. The highest BCUT2D eigenvalue weighted by atomic mass is 16.7. The Hall–Kier alpha value is -3.69. The Labute approximate surface area is 236 Å². The third kappa shape index (κ3) is 11.6. The van der Waals surface area contributed by atoms with Crippen LogP contribution in [-0.2, 0) is 39.9 Å². The smallest absolute Gasteiger partial charge is 0.331 e. The fraction of sp³-hybridized carbons (Fsp3) is 0.567. The van der Waals surface area contributed by atoms with E-state index in [2.05, 4.69) is 5.32 Å². The summed E-state index contributed by atoms with van der Waals surface area (Å²) in [4.78, 5) is 61.8. The van der Waals surface area contributed by atoms with Crippen LogP contribution in [0.15, 0.2) is 30.0 Å². The molecule has 0 heterocycles. The maximum atomic E-state index is 13.0. The molecule has 1 aromatic rings. The van der Waals surface area contributed by atoms with Crippen molar-refractivity contribution in [1.82, 2.24) is 5.32 Å². The summed E-state index contributed by atoms with van der Waals surface area (Å²) in [7, 11) is 0. The van der Waals surface area contributed by atoms with E-state index in [1.807, 2.05) is 0 Å². The maximum Gasteiger partial charge on any atom is 0.331 e. The van der Waals surface area contributed by atoms with Crippen molar-refractivity contribution in [2.24, 2.45) is 16.2 Å². The molecule has 0 unspecified atom stereocenters. The Morgan fingerprint density at radius 3 is 1.73 bits per heavy atom. The Morgan fingerprint density at radius 2 is 1.25 bits per heavy atom. The van der Waals surface area contributed by atoms with Gasteiger partial charge >= 0.3 is 23.9 Å². The van der Waals surface area contributed by atoms with Gasteiger partial charge in [0.05, 0.1) is 16.2 Å². The monoisotopic (exact) mass is 561 g/mol. The Bertz CT molecular complexity index is 1150.